The first-order valence-corrected chi connectivity index (χ1v) is 7.23. The summed E-state index contributed by atoms with van der Waals surface area (Å²) >= 11 is 0. The highest BCUT2D eigenvalue weighted by Crippen LogP contribution is 2.24. The van der Waals surface area contributed by atoms with Crippen molar-refractivity contribution in [3.8, 4) is 18.1 Å². The van der Waals surface area contributed by atoms with Crippen LogP contribution in [0, 0.1) is 18.3 Å². The van der Waals surface area contributed by atoms with Gasteiger partial charge in [-0.2, -0.15) is 0 Å². The normalized spacial score (nSPS) is 23.2. The Bertz CT molecular complexity index is 449. The number of nitrogens with zero attached hydrogens (tertiary/aromatic N) is 1. The van der Waals surface area contributed by atoms with Crippen LogP contribution in [-0.2, 0) is 6.54 Å². The van der Waals surface area contributed by atoms with Gasteiger partial charge in [0.1, 0.15) is 12.4 Å². The lowest BCUT2D eigenvalue weighted by Crippen LogP contribution is -2.42. The standard InChI is InChI=1S/C17H23NO2/c1-3-10-20-17-8-6-15(7-9-17)11-18-12-16(13-19)5-4-14(18)2/h1,6-9,14,16,19H,4-5,10-13H2,2H3. The minimum atomic E-state index is 0.294. The van der Waals surface area contributed by atoms with Gasteiger partial charge in [-0.05, 0) is 43.4 Å². The summed E-state index contributed by atoms with van der Waals surface area (Å²) in [7, 11) is 0. The number of terminal acetylenes is 1. The summed E-state index contributed by atoms with van der Waals surface area (Å²) < 4.78 is 5.37. The van der Waals surface area contributed by atoms with Crippen LogP contribution >= 0.6 is 0 Å². The van der Waals surface area contributed by atoms with E-state index in [9.17, 15) is 5.11 Å². The van der Waals surface area contributed by atoms with Crippen LogP contribution in [0.1, 0.15) is 25.3 Å². The van der Waals surface area contributed by atoms with Crippen LogP contribution in [0.5, 0.6) is 5.75 Å². The summed E-state index contributed by atoms with van der Waals surface area (Å²) in [4.78, 5) is 2.45. The van der Waals surface area contributed by atoms with Crippen molar-refractivity contribution in [3.05, 3.63) is 29.8 Å². The van der Waals surface area contributed by atoms with Gasteiger partial charge >= 0.3 is 0 Å². The Morgan fingerprint density at radius 1 is 1.35 bits per heavy atom. The van der Waals surface area contributed by atoms with Gasteiger partial charge in [-0.3, -0.25) is 4.90 Å². The van der Waals surface area contributed by atoms with Gasteiger partial charge in [-0.25, -0.2) is 0 Å². The van der Waals surface area contributed by atoms with Gasteiger partial charge in [0.25, 0.3) is 0 Å². The monoisotopic (exact) mass is 273 g/mol. The van der Waals surface area contributed by atoms with Crippen molar-refractivity contribution in [2.24, 2.45) is 5.92 Å². The molecule has 1 aromatic carbocycles. The lowest BCUT2D eigenvalue weighted by Gasteiger charge is -2.37. The van der Waals surface area contributed by atoms with Crippen LogP contribution in [0.4, 0.5) is 0 Å². The molecular weight excluding hydrogens is 250 g/mol. The molecule has 0 saturated carbocycles. The third-order valence-electron chi connectivity index (χ3n) is 4.00. The second-order valence-electron chi connectivity index (χ2n) is 5.54. The van der Waals surface area contributed by atoms with Crippen molar-refractivity contribution in [1.29, 1.82) is 0 Å². The van der Waals surface area contributed by atoms with Crippen molar-refractivity contribution < 1.29 is 9.84 Å². The number of rotatable bonds is 5. The van der Waals surface area contributed by atoms with Gasteiger partial charge in [-0.1, -0.05) is 18.1 Å². The van der Waals surface area contributed by atoms with Gasteiger partial charge in [0.05, 0.1) is 0 Å². The van der Waals surface area contributed by atoms with Crippen molar-refractivity contribution in [2.75, 3.05) is 19.8 Å². The zero-order valence-electron chi connectivity index (χ0n) is 12.1. The van der Waals surface area contributed by atoms with Crippen LogP contribution < -0.4 is 4.74 Å². The topological polar surface area (TPSA) is 32.7 Å². The average Bonchev–Trinajstić information content (AvgIpc) is 2.49. The first kappa shape index (κ1) is 14.9. The van der Waals surface area contributed by atoms with E-state index in [1.54, 1.807) is 0 Å². The molecule has 2 atom stereocenters. The Morgan fingerprint density at radius 2 is 2.10 bits per heavy atom. The molecule has 1 saturated heterocycles. The van der Waals surface area contributed by atoms with E-state index >= 15 is 0 Å². The summed E-state index contributed by atoms with van der Waals surface area (Å²) in [5.41, 5.74) is 1.27. The summed E-state index contributed by atoms with van der Waals surface area (Å²) in [6.45, 7) is 4.76. The van der Waals surface area contributed by atoms with E-state index in [0.717, 1.165) is 31.7 Å². The largest absolute Gasteiger partial charge is 0.481 e. The molecule has 1 aliphatic rings. The molecule has 1 fully saturated rings. The molecule has 1 N–H and O–H groups in total. The number of hydrogen-bond donors (Lipinski definition) is 1. The van der Waals surface area contributed by atoms with Gasteiger partial charge in [-0.15, -0.1) is 6.42 Å². The van der Waals surface area contributed by atoms with Gasteiger partial charge in [0, 0.05) is 25.7 Å². The fourth-order valence-corrected chi connectivity index (χ4v) is 2.68. The maximum atomic E-state index is 9.32. The number of aliphatic hydroxyl groups is 1. The van der Waals surface area contributed by atoms with Crippen LogP contribution in [0.2, 0.25) is 0 Å². The maximum Gasteiger partial charge on any atom is 0.148 e. The third-order valence-corrected chi connectivity index (χ3v) is 4.00. The highest BCUT2D eigenvalue weighted by molar-refractivity contribution is 5.27. The fourth-order valence-electron chi connectivity index (χ4n) is 2.68. The van der Waals surface area contributed by atoms with E-state index in [1.807, 2.05) is 12.1 Å². The molecular formula is C17H23NO2. The summed E-state index contributed by atoms with van der Waals surface area (Å²) in [5.74, 6) is 3.69. The quantitative estimate of drug-likeness (QED) is 0.836. The SMILES string of the molecule is C#CCOc1ccc(CN2CC(CO)CCC2C)cc1. The Labute approximate surface area is 121 Å². The van der Waals surface area contributed by atoms with Crippen LogP contribution in [0.15, 0.2) is 24.3 Å². The molecule has 1 aromatic rings. The molecule has 20 heavy (non-hydrogen) atoms. The highest BCUT2D eigenvalue weighted by Gasteiger charge is 2.24. The summed E-state index contributed by atoms with van der Waals surface area (Å²) in [5, 5.41) is 9.32. The average molecular weight is 273 g/mol. The van der Waals surface area contributed by atoms with Crippen LogP contribution in [-0.4, -0.2) is 35.8 Å². The zero-order valence-corrected chi connectivity index (χ0v) is 12.1. The highest BCUT2D eigenvalue weighted by atomic mass is 16.5. The molecule has 0 aromatic heterocycles. The summed E-state index contributed by atoms with van der Waals surface area (Å²) in [6, 6.07) is 8.67. The Kier molecular flexibility index (Phi) is 5.46. The minimum absolute atomic E-state index is 0.294. The van der Waals surface area contributed by atoms with E-state index in [-0.39, 0.29) is 0 Å². The predicted molar refractivity (Wildman–Crippen MR) is 80.5 cm³/mol. The lowest BCUT2D eigenvalue weighted by molar-refractivity contribution is 0.0771. The van der Waals surface area contributed by atoms with Crippen molar-refractivity contribution >= 4 is 0 Å². The Hall–Kier alpha value is -1.50. The van der Waals surface area contributed by atoms with Gasteiger partial charge < -0.3 is 9.84 Å². The second kappa shape index (κ2) is 7.33. The molecule has 1 heterocycles. The van der Waals surface area contributed by atoms with E-state index in [0.29, 0.717) is 25.2 Å². The van der Waals surface area contributed by atoms with Crippen LogP contribution in [0.25, 0.3) is 0 Å². The van der Waals surface area contributed by atoms with Crippen LogP contribution in [0.3, 0.4) is 0 Å². The van der Waals surface area contributed by atoms with E-state index < -0.39 is 0 Å². The number of benzene rings is 1. The molecule has 0 radical (unpaired) electrons. The second-order valence-corrected chi connectivity index (χ2v) is 5.54. The Morgan fingerprint density at radius 3 is 2.75 bits per heavy atom. The molecule has 2 rings (SSSR count). The molecule has 0 amide bonds. The van der Waals surface area contributed by atoms with Crippen molar-refractivity contribution in [2.45, 2.75) is 32.4 Å². The number of piperidine rings is 1. The summed E-state index contributed by atoms with van der Waals surface area (Å²) in [6.07, 6.45) is 7.46. The molecule has 0 bridgehead atoms. The number of hydrogen-bond acceptors (Lipinski definition) is 3. The number of likely N-dealkylation sites (tertiary alicyclic amines) is 1. The third kappa shape index (κ3) is 4.00. The first-order chi connectivity index (χ1) is 9.72. The number of ether oxygens (including phenoxy) is 1. The molecule has 3 heteroatoms. The van der Waals surface area contributed by atoms with Crippen molar-refractivity contribution in [1.82, 2.24) is 4.90 Å². The Balaban J connectivity index is 1.93. The fraction of sp³-hybridized carbons (Fsp3) is 0.529. The molecule has 2 unspecified atom stereocenters. The van der Waals surface area contributed by atoms with E-state index in [1.165, 1.54) is 5.56 Å². The van der Waals surface area contributed by atoms with Crippen molar-refractivity contribution in [3.63, 3.8) is 0 Å². The zero-order chi connectivity index (χ0) is 14.4. The van der Waals surface area contributed by atoms with E-state index in [2.05, 4.69) is 29.9 Å². The minimum Gasteiger partial charge on any atom is -0.481 e. The molecule has 108 valence electrons. The molecule has 0 aliphatic carbocycles. The van der Waals surface area contributed by atoms with Gasteiger partial charge in [0.15, 0.2) is 0 Å². The predicted octanol–water partition coefficient (Wildman–Crippen LogP) is 2.29. The van der Waals surface area contributed by atoms with Gasteiger partial charge in [0.2, 0.25) is 0 Å². The smallest absolute Gasteiger partial charge is 0.148 e. The lowest BCUT2D eigenvalue weighted by atomic mass is 9.93. The molecule has 0 spiro atoms. The molecule has 3 nitrogen and oxygen atoms in total. The number of aliphatic hydroxyl groups excluding tert-OH is 1. The molecule has 1 aliphatic heterocycles. The first-order valence-electron chi connectivity index (χ1n) is 7.23. The van der Waals surface area contributed by atoms with E-state index in [4.69, 9.17) is 11.2 Å². The maximum absolute atomic E-state index is 9.32.